The number of hydrogen-bond donors (Lipinski definition) is 0. The van der Waals surface area contributed by atoms with Gasteiger partial charge in [0.25, 0.3) is 0 Å². The summed E-state index contributed by atoms with van der Waals surface area (Å²) in [7, 11) is -2.21. The SMILES string of the molecule is C[Si](C)(C)c1cc2cc3[se]c([Si](C)(C)C)cc3cc2[se]1. The van der Waals surface area contributed by atoms with Crippen LogP contribution >= 0.6 is 0 Å². The van der Waals surface area contributed by atoms with E-state index in [-0.39, 0.29) is 0 Å². The molecular formula is C16H22Se2Si2. The van der Waals surface area contributed by atoms with E-state index in [9.17, 15) is 0 Å². The summed E-state index contributed by atoms with van der Waals surface area (Å²) in [5, 5.41) is 3.10. The standard InChI is InChI=1S/C16H22Se2Si2/c1-19(2,3)15-9-11-7-14-12(8-13(11)17-15)10-16(18-14)20(4,5)6/h7-10H,1-6H3. The average Bonchev–Trinajstić information content (AvgIpc) is 2.85. The van der Waals surface area contributed by atoms with Gasteiger partial charge in [-0.05, 0) is 0 Å². The van der Waals surface area contributed by atoms with Gasteiger partial charge in [-0.3, -0.25) is 0 Å². The second kappa shape index (κ2) is 4.84. The van der Waals surface area contributed by atoms with Crippen molar-refractivity contribution in [1.29, 1.82) is 0 Å². The Morgan fingerprint density at radius 1 is 0.600 bits per heavy atom. The first-order chi connectivity index (χ1) is 9.14. The van der Waals surface area contributed by atoms with Crippen LogP contribution < -0.4 is 8.12 Å². The number of fused-ring (bicyclic) bond motifs is 2. The molecule has 0 aliphatic heterocycles. The van der Waals surface area contributed by atoms with Crippen LogP contribution in [0.5, 0.6) is 0 Å². The zero-order valence-electron chi connectivity index (χ0n) is 13.1. The summed E-state index contributed by atoms with van der Waals surface area (Å²) in [4.78, 5) is 0. The van der Waals surface area contributed by atoms with Crippen LogP contribution in [0.3, 0.4) is 0 Å². The van der Waals surface area contributed by atoms with E-state index in [0.29, 0.717) is 29.0 Å². The van der Waals surface area contributed by atoms with E-state index in [1.165, 1.54) is 0 Å². The van der Waals surface area contributed by atoms with Crippen molar-refractivity contribution in [3.05, 3.63) is 24.3 Å². The van der Waals surface area contributed by atoms with Crippen molar-refractivity contribution in [3.8, 4) is 0 Å². The molecule has 0 spiro atoms. The molecule has 0 saturated heterocycles. The van der Waals surface area contributed by atoms with E-state index in [4.69, 9.17) is 0 Å². The Kier molecular flexibility index (Phi) is 3.65. The number of rotatable bonds is 2. The van der Waals surface area contributed by atoms with Crippen molar-refractivity contribution >= 4 is 72.6 Å². The van der Waals surface area contributed by atoms with Gasteiger partial charge in [0.05, 0.1) is 0 Å². The zero-order valence-corrected chi connectivity index (χ0v) is 18.6. The minimum atomic E-state index is -1.11. The summed E-state index contributed by atoms with van der Waals surface area (Å²) < 4.78 is 6.84. The van der Waals surface area contributed by atoms with Crippen LogP contribution in [0.4, 0.5) is 0 Å². The van der Waals surface area contributed by atoms with Crippen molar-refractivity contribution < 1.29 is 0 Å². The maximum atomic E-state index is 2.53. The molecule has 0 aliphatic rings. The Bertz CT molecular complexity index is 668. The number of benzene rings is 1. The molecule has 0 atom stereocenters. The van der Waals surface area contributed by atoms with Crippen LogP contribution in [0.2, 0.25) is 39.3 Å². The van der Waals surface area contributed by atoms with Crippen LogP contribution in [0.25, 0.3) is 19.3 Å². The molecule has 0 radical (unpaired) electrons. The first-order valence-corrected chi connectivity index (χ1v) is 17.6. The first-order valence-electron chi connectivity index (χ1n) is 7.13. The second-order valence-corrected chi connectivity index (χ2v) is 23.9. The molecule has 2 heterocycles. The molecule has 0 unspecified atom stereocenters. The van der Waals surface area contributed by atoms with E-state index in [0.717, 1.165) is 0 Å². The second-order valence-electron chi connectivity index (χ2n) is 7.65. The summed E-state index contributed by atoms with van der Waals surface area (Å²) in [6, 6.07) is 10.1. The molecule has 0 nitrogen and oxygen atoms in total. The molecule has 1 aromatic carbocycles. The minimum absolute atomic E-state index is 0.595. The van der Waals surface area contributed by atoms with Gasteiger partial charge in [0, 0.05) is 0 Å². The molecule has 3 rings (SSSR count). The van der Waals surface area contributed by atoms with Gasteiger partial charge in [0.15, 0.2) is 0 Å². The Morgan fingerprint density at radius 3 is 1.25 bits per heavy atom. The predicted octanol–water partition coefficient (Wildman–Crippen LogP) is 3.20. The quantitative estimate of drug-likeness (QED) is 0.550. The molecule has 2 aromatic heterocycles. The Balaban J connectivity index is 2.20. The summed E-state index contributed by atoms with van der Waals surface area (Å²) in [6.07, 6.45) is 0. The van der Waals surface area contributed by atoms with E-state index < -0.39 is 16.1 Å². The molecule has 106 valence electrons. The third-order valence-electron chi connectivity index (χ3n) is 3.63. The van der Waals surface area contributed by atoms with Crippen molar-refractivity contribution in [3.63, 3.8) is 0 Å². The van der Waals surface area contributed by atoms with E-state index in [1.54, 1.807) is 27.4 Å². The topological polar surface area (TPSA) is 0 Å². The van der Waals surface area contributed by atoms with E-state index >= 15 is 0 Å². The van der Waals surface area contributed by atoms with Gasteiger partial charge < -0.3 is 0 Å². The fourth-order valence-corrected chi connectivity index (χ4v) is 12.6. The molecule has 20 heavy (non-hydrogen) atoms. The normalized spacial score (nSPS) is 13.5. The maximum absolute atomic E-state index is 2.53. The van der Waals surface area contributed by atoms with Gasteiger partial charge in [0.2, 0.25) is 0 Å². The van der Waals surface area contributed by atoms with Crippen LogP contribution in [-0.4, -0.2) is 45.2 Å². The van der Waals surface area contributed by atoms with Crippen LogP contribution in [0, 0.1) is 0 Å². The van der Waals surface area contributed by atoms with Gasteiger partial charge in [-0.1, -0.05) is 0 Å². The number of hydrogen-bond acceptors (Lipinski definition) is 0. The van der Waals surface area contributed by atoms with Gasteiger partial charge >= 0.3 is 136 Å². The molecule has 0 aliphatic carbocycles. The monoisotopic (exact) mass is 430 g/mol. The van der Waals surface area contributed by atoms with Gasteiger partial charge in [-0.25, -0.2) is 0 Å². The summed E-state index contributed by atoms with van der Waals surface area (Å²) >= 11 is 1.19. The van der Waals surface area contributed by atoms with Crippen LogP contribution in [0.15, 0.2) is 24.3 Å². The van der Waals surface area contributed by atoms with Gasteiger partial charge in [0.1, 0.15) is 0 Å². The zero-order chi connectivity index (χ0) is 14.7. The predicted molar refractivity (Wildman–Crippen MR) is 101 cm³/mol. The Morgan fingerprint density at radius 2 is 0.950 bits per heavy atom. The van der Waals surface area contributed by atoms with Gasteiger partial charge in [-0.2, -0.15) is 0 Å². The van der Waals surface area contributed by atoms with Gasteiger partial charge in [-0.15, -0.1) is 0 Å². The molecule has 0 N–H and O–H groups in total. The third kappa shape index (κ3) is 2.75. The van der Waals surface area contributed by atoms with Crippen molar-refractivity contribution in [2.45, 2.75) is 39.3 Å². The van der Waals surface area contributed by atoms with Crippen LogP contribution in [-0.2, 0) is 0 Å². The molecule has 0 saturated carbocycles. The molecule has 0 amide bonds. The van der Waals surface area contributed by atoms with E-state index in [2.05, 4.69) is 63.5 Å². The fraction of sp³-hybridized carbons (Fsp3) is 0.375. The molecular weight excluding hydrogens is 406 g/mol. The summed E-state index contributed by atoms with van der Waals surface area (Å²) in [5.41, 5.74) is 0. The van der Waals surface area contributed by atoms with Crippen LogP contribution in [0.1, 0.15) is 0 Å². The fourth-order valence-electron chi connectivity index (χ4n) is 2.31. The average molecular weight is 428 g/mol. The first kappa shape index (κ1) is 15.1. The van der Waals surface area contributed by atoms with Crippen molar-refractivity contribution in [1.82, 2.24) is 0 Å². The van der Waals surface area contributed by atoms with Crippen molar-refractivity contribution in [2.75, 3.05) is 0 Å². The Labute approximate surface area is 135 Å². The third-order valence-corrected chi connectivity index (χ3v) is 19.5. The molecule has 0 bridgehead atoms. The van der Waals surface area contributed by atoms with Crippen molar-refractivity contribution in [2.24, 2.45) is 0 Å². The van der Waals surface area contributed by atoms with E-state index in [1.807, 2.05) is 0 Å². The molecule has 3 aromatic rings. The Hall–Kier alpha value is 0.173. The summed E-state index contributed by atoms with van der Waals surface area (Å²) in [5.74, 6) is 0. The molecule has 0 fully saturated rings. The summed E-state index contributed by atoms with van der Waals surface area (Å²) in [6.45, 7) is 14.9. The molecule has 4 heteroatoms.